The Balaban J connectivity index is 2.33. The SMILES string of the molecule is CN[C@@H](CC(C)(C)F)C(=O)OC(Cc1ccc(C(C)C)cc1)C(=O)N(C)C(CC(C)(C)C)C(=O)O[C@H](C)C(=O)OCc1ccccc1. The van der Waals surface area contributed by atoms with Gasteiger partial charge in [0.1, 0.15) is 24.4 Å². The van der Waals surface area contributed by atoms with Gasteiger partial charge in [0, 0.05) is 19.9 Å². The fraction of sp³-hybridized carbons (Fsp3) is 0.568. The number of ether oxygens (including phenoxy) is 3. The van der Waals surface area contributed by atoms with Gasteiger partial charge in [-0.3, -0.25) is 9.59 Å². The standard InChI is InChI=1S/C37H53FN2O7/c1-24(2)28-18-16-26(17-19-28)20-31(47-34(43)29(39-9)21-37(7,8)38)32(41)40(10)30(22-36(4,5)6)35(44)46-25(3)33(42)45-23-27-14-12-11-13-15-27/h11-19,24-25,29-31,39H,20-23H2,1-10H3/t25-,29+,30?,31?/m1/s1. The Morgan fingerprint density at radius 2 is 1.40 bits per heavy atom. The molecule has 1 amide bonds. The van der Waals surface area contributed by atoms with Crippen LogP contribution in [0.5, 0.6) is 0 Å². The van der Waals surface area contributed by atoms with E-state index in [9.17, 15) is 23.6 Å². The third-order valence-electron chi connectivity index (χ3n) is 7.67. The summed E-state index contributed by atoms with van der Waals surface area (Å²) in [7, 11) is 2.97. The molecular weight excluding hydrogens is 603 g/mol. The summed E-state index contributed by atoms with van der Waals surface area (Å²) in [5, 5.41) is 2.78. The Kier molecular flexibility index (Phi) is 14.6. The minimum Gasteiger partial charge on any atom is -0.458 e. The van der Waals surface area contributed by atoms with Crippen LogP contribution in [-0.4, -0.2) is 72.8 Å². The van der Waals surface area contributed by atoms with Crippen molar-refractivity contribution in [3.63, 3.8) is 0 Å². The highest BCUT2D eigenvalue weighted by molar-refractivity contribution is 5.90. The summed E-state index contributed by atoms with van der Waals surface area (Å²) in [6, 6.07) is 14.6. The maximum atomic E-state index is 14.5. The third-order valence-corrected chi connectivity index (χ3v) is 7.67. The van der Waals surface area contributed by atoms with Crippen molar-refractivity contribution in [2.45, 2.75) is 117 Å². The molecule has 260 valence electrons. The smallest absolute Gasteiger partial charge is 0.347 e. The number of carbonyl (C=O) groups is 4. The zero-order chi connectivity index (χ0) is 35.5. The minimum atomic E-state index is -1.67. The fourth-order valence-corrected chi connectivity index (χ4v) is 4.93. The van der Waals surface area contributed by atoms with Crippen LogP contribution in [0, 0.1) is 5.41 Å². The third kappa shape index (κ3) is 13.5. The number of hydrogen-bond acceptors (Lipinski definition) is 8. The van der Waals surface area contributed by atoms with Crippen LogP contribution in [0.2, 0.25) is 0 Å². The molecule has 0 heterocycles. The van der Waals surface area contributed by atoms with E-state index in [4.69, 9.17) is 14.2 Å². The lowest BCUT2D eigenvalue weighted by atomic mass is 9.87. The van der Waals surface area contributed by atoms with Crippen LogP contribution in [0.15, 0.2) is 54.6 Å². The van der Waals surface area contributed by atoms with Crippen molar-refractivity contribution >= 4 is 23.8 Å². The zero-order valence-electron chi connectivity index (χ0n) is 29.6. The van der Waals surface area contributed by atoms with Crippen molar-refractivity contribution in [1.29, 1.82) is 0 Å². The molecular formula is C37H53FN2O7. The zero-order valence-corrected chi connectivity index (χ0v) is 29.6. The Labute approximate surface area is 279 Å². The van der Waals surface area contributed by atoms with Crippen LogP contribution in [0.1, 0.15) is 90.8 Å². The van der Waals surface area contributed by atoms with Crippen molar-refractivity contribution in [1.82, 2.24) is 10.2 Å². The van der Waals surface area contributed by atoms with E-state index in [1.807, 2.05) is 75.4 Å². The molecule has 0 spiro atoms. The van der Waals surface area contributed by atoms with Crippen LogP contribution in [0.25, 0.3) is 0 Å². The van der Waals surface area contributed by atoms with Gasteiger partial charge in [-0.2, -0.15) is 0 Å². The second kappa shape index (κ2) is 17.4. The maximum Gasteiger partial charge on any atom is 0.347 e. The molecule has 0 aliphatic carbocycles. The van der Waals surface area contributed by atoms with E-state index in [1.54, 1.807) is 0 Å². The Morgan fingerprint density at radius 1 is 0.809 bits per heavy atom. The molecule has 0 saturated heterocycles. The Morgan fingerprint density at radius 3 is 1.91 bits per heavy atom. The Bertz CT molecular complexity index is 1320. The number of benzene rings is 2. The summed E-state index contributed by atoms with van der Waals surface area (Å²) in [5.74, 6) is -2.64. The van der Waals surface area contributed by atoms with Crippen molar-refractivity contribution in [3.8, 4) is 0 Å². The number of amides is 1. The molecule has 2 unspecified atom stereocenters. The first-order chi connectivity index (χ1) is 21.8. The van der Waals surface area contributed by atoms with E-state index in [0.29, 0.717) is 5.92 Å². The van der Waals surface area contributed by atoms with Gasteiger partial charge in [0.25, 0.3) is 5.91 Å². The highest BCUT2D eigenvalue weighted by atomic mass is 19.1. The first kappa shape index (κ1) is 39.4. The molecule has 9 nitrogen and oxygen atoms in total. The summed E-state index contributed by atoms with van der Waals surface area (Å²) in [5.41, 5.74) is 0.528. The van der Waals surface area contributed by atoms with Gasteiger partial charge in [0.15, 0.2) is 12.2 Å². The summed E-state index contributed by atoms with van der Waals surface area (Å²) in [6.45, 7) is 14.0. The molecule has 47 heavy (non-hydrogen) atoms. The fourth-order valence-electron chi connectivity index (χ4n) is 4.93. The van der Waals surface area contributed by atoms with Gasteiger partial charge < -0.3 is 24.4 Å². The number of nitrogens with zero attached hydrogens (tertiary/aromatic N) is 1. The van der Waals surface area contributed by atoms with Gasteiger partial charge in [0.2, 0.25) is 0 Å². The molecule has 2 rings (SSSR count). The number of nitrogens with one attached hydrogen (secondary N) is 1. The monoisotopic (exact) mass is 656 g/mol. The predicted octanol–water partition coefficient (Wildman–Crippen LogP) is 5.93. The molecule has 0 saturated carbocycles. The van der Waals surface area contributed by atoms with E-state index in [1.165, 1.54) is 39.8 Å². The number of rotatable bonds is 16. The summed E-state index contributed by atoms with van der Waals surface area (Å²) in [6.07, 6.45) is -2.49. The molecule has 0 aliphatic heterocycles. The van der Waals surface area contributed by atoms with E-state index in [-0.39, 0.29) is 25.9 Å². The highest BCUT2D eigenvalue weighted by Crippen LogP contribution is 2.26. The Hall–Kier alpha value is -3.79. The quantitative estimate of drug-likeness (QED) is 0.175. The lowest BCUT2D eigenvalue weighted by Crippen LogP contribution is -2.52. The van der Waals surface area contributed by atoms with Crippen molar-refractivity contribution in [2.75, 3.05) is 14.1 Å². The lowest BCUT2D eigenvalue weighted by molar-refractivity contribution is -0.174. The number of likely N-dealkylation sites (N-methyl/N-ethyl adjacent to an activating group) is 2. The first-order valence-corrected chi connectivity index (χ1v) is 16.1. The van der Waals surface area contributed by atoms with E-state index < -0.39 is 59.2 Å². The molecule has 1 N–H and O–H groups in total. The van der Waals surface area contributed by atoms with Gasteiger partial charge >= 0.3 is 17.9 Å². The van der Waals surface area contributed by atoms with Crippen LogP contribution >= 0.6 is 0 Å². The molecule has 0 fully saturated rings. The van der Waals surface area contributed by atoms with Crippen molar-refractivity contribution < 1.29 is 37.8 Å². The van der Waals surface area contributed by atoms with Crippen molar-refractivity contribution in [2.24, 2.45) is 5.41 Å². The summed E-state index contributed by atoms with van der Waals surface area (Å²) >= 11 is 0. The molecule has 0 aliphatic rings. The van der Waals surface area contributed by atoms with Gasteiger partial charge in [0.05, 0.1) is 0 Å². The maximum absolute atomic E-state index is 14.5. The van der Waals surface area contributed by atoms with Gasteiger partial charge in [-0.25, -0.2) is 14.0 Å². The van der Waals surface area contributed by atoms with Crippen LogP contribution < -0.4 is 5.32 Å². The topological polar surface area (TPSA) is 111 Å². The number of alkyl halides is 1. The summed E-state index contributed by atoms with van der Waals surface area (Å²) in [4.78, 5) is 54.9. The number of carbonyl (C=O) groups excluding carboxylic acids is 4. The molecule has 0 radical (unpaired) electrons. The van der Waals surface area contributed by atoms with Gasteiger partial charge in [-0.1, -0.05) is 89.2 Å². The normalized spacial score (nSPS) is 14.5. The highest BCUT2D eigenvalue weighted by Gasteiger charge is 2.39. The number of esters is 3. The van der Waals surface area contributed by atoms with Crippen LogP contribution in [0.4, 0.5) is 4.39 Å². The molecule has 0 aromatic heterocycles. The molecule has 2 aromatic rings. The van der Waals surface area contributed by atoms with Gasteiger partial charge in [-0.05, 0) is 62.3 Å². The second-order valence-electron chi connectivity index (χ2n) is 14.2. The second-order valence-corrected chi connectivity index (χ2v) is 14.2. The predicted molar refractivity (Wildman–Crippen MR) is 179 cm³/mol. The first-order valence-electron chi connectivity index (χ1n) is 16.1. The molecule has 10 heteroatoms. The number of halogens is 1. The molecule has 2 aromatic carbocycles. The van der Waals surface area contributed by atoms with E-state index in [2.05, 4.69) is 19.2 Å². The van der Waals surface area contributed by atoms with Gasteiger partial charge in [-0.15, -0.1) is 0 Å². The number of hydrogen-bond donors (Lipinski definition) is 1. The largest absolute Gasteiger partial charge is 0.458 e. The average Bonchev–Trinajstić information content (AvgIpc) is 2.99. The average molecular weight is 657 g/mol. The minimum absolute atomic E-state index is 0.0176. The van der Waals surface area contributed by atoms with Crippen LogP contribution in [-0.2, 0) is 46.4 Å². The van der Waals surface area contributed by atoms with Crippen LogP contribution in [0.3, 0.4) is 0 Å². The van der Waals surface area contributed by atoms with E-state index >= 15 is 0 Å². The summed E-state index contributed by atoms with van der Waals surface area (Å²) < 4.78 is 31.2. The molecule has 4 atom stereocenters. The van der Waals surface area contributed by atoms with Crippen molar-refractivity contribution in [3.05, 3.63) is 71.3 Å². The lowest BCUT2D eigenvalue weighted by Gasteiger charge is -2.34. The molecule has 0 bridgehead atoms. The van der Waals surface area contributed by atoms with E-state index in [0.717, 1.165) is 16.7 Å².